The fraction of sp³-hybridized carbons (Fsp3) is 0.278. The first kappa shape index (κ1) is 15.2. The lowest BCUT2D eigenvalue weighted by Gasteiger charge is -2.08. The van der Waals surface area contributed by atoms with Crippen LogP contribution in [0.5, 0.6) is 5.75 Å². The van der Waals surface area contributed by atoms with Crippen LogP contribution in [0.4, 0.5) is 4.39 Å². The molecule has 2 aromatic carbocycles. The van der Waals surface area contributed by atoms with Crippen LogP contribution >= 0.6 is 0 Å². The van der Waals surface area contributed by atoms with Crippen LogP contribution in [-0.4, -0.2) is 12.4 Å². The Balaban J connectivity index is 1.77. The highest BCUT2D eigenvalue weighted by Crippen LogP contribution is 2.17. The highest BCUT2D eigenvalue weighted by Gasteiger charge is 2.06. The van der Waals surface area contributed by atoms with Crippen molar-refractivity contribution in [3.8, 4) is 5.75 Å². The summed E-state index contributed by atoms with van der Waals surface area (Å²) in [5.41, 5.74) is 2.96. The molecule has 2 nitrogen and oxygen atoms in total. The molecule has 0 atom stereocenters. The first-order valence-corrected chi connectivity index (χ1v) is 7.05. The van der Waals surface area contributed by atoms with E-state index in [1.807, 2.05) is 25.1 Å². The van der Waals surface area contributed by atoms with Crippen LogP contribution in [-0.2, 0) is 0 Å². The smallest absolute Gasteiger partial charge is 0.163 e. The normalized spacial score (nSPS) is 10.4. The maximum Gasteiger partial charge on any atom is 0.163 e. The number of ether oxygens (including phenoxy) is 1. The van der Waals surface area contributed by atoms with Crippen LogP contribution in [0.3, 0.4) is 0 Å². The van der Waals surface area contributed by atoms with Gasteiger partial charge in [0.25, 0.3) is 0 Å². The van der Waals surface area contributed by atoms with Gasteiger partial charge in [0.1, 0.15) is 11.6 Å². The molecule has 0 spiro atoms. The molecule has 2 aromatic rings. The second-order valence-electron chi connectivity index (χ2n) is 5.13. The number of carbonyl (C=O) groups excluding carboxylic acids is 1. The summed E-state index contributed by atoms with van der Waals surface area (Å²) in [7, 11) is 0. The maximum absolute atomic E-state index is 12.8. The topological polar surface area (TPSA) is 26.3 Å². The van der Waals surface area contributed by atoms with Crippen LogP contribution in [0, 0.1) is 19.7 Å². The molecule has 0 fully saturated rings. The standard InChI is InChI=1S/C18H19FO2/c1-13-5-10-17(12-14(13)2)21-11-3-4-18(20)15-6-8-16(19)9-7-15/h5-10,12H,3-4,11H2,1-2H3. The first-order valence-electron chi connectivity index (χ1n) is 7.05. The number of halogens is 1. The Morgan fingerprint density at radius 3 is 2.43 bits per heavy atom. The van der Waals surface area contributed by atoms with Crippen molar-refractivity contribution < 1.29 is 13.9 Å². The number of Topliss-reactive ketones (excluding diaryl/α,β-unsaturated/α-hetero) is 1. The largest absolute Gasteiger partial charge is 0.494 e. The number of benzene rings is 2. The Morgan fingerprint density at radius 2 is 1.76 bits per heavy atom. The van der Waals surface area contributed by atoms with Gasteiger partial charge >= 0.3 is 0 Å². The molecule has 0 bridgehead atoms. The van der Waals surface area contributed by atoms with Crippen molar-refractivity contribution in [2.24, 2.45) is 0 Å². The monoisotopic (exact) mass is 286 g/mol. The van der Waals surface area contributed by atoms with Crippen LogP contribution in [0.2, 0.25) is 0 Å². The highest BCUT2D eigenvalue weighted by atomic mass is 19.1. The molecule has 3 heteroatoms. The Bertz CT molecular complexity index is 618. The van der Waals surface area contributed by atoms with Gasteiger partial charge in [0, 0.05) is 12.0 Å². The third-order valence-electron chi connectivity index (χ3n) is 3.46. The summed E-state index contributed by atoms with van der Waals surface area (Å²) in [5.74, 6) is 0.510. The zero-order valence-electron chi connectivity index (χ0n) is 12.4. The van der Waals surface area contributed by atoms with Gasteiger partial charge < -0.3 is 4.74 Å². The van der Waals surface area contributed by atoms with Crippen molar-refractivity contribution in [3.63, 3.8) is 0 Å². The van der Waals surface area contributed by atoms with E-state index in [0.717, 1.165) is 5.75 Å². The number of carbonyl (C=O) groups is 1. The van der Waals surface area contributed by atoms with Crippen LogP contribution in [0.15, 0.2) is 42.5 Å². The minimum absolute atomic E-state index is 0.0127. The van der Waals surface area contributed by atoms with E-state index in [1.165, 1.54) is 35.4 Å². The van der Waals surface area contributed by atoms with Crippen molar-refractivity contribution in [2.45, 2.75) is 26.7 Å². The zero-order chi connectivity index (χ0) is 15.2. The summed E-state index contributed by atoms with van der Waals surface area (Å²) in [6, 6.07) is 11.6. The Kier molecular flexibility index (Phi) is 5.09. The van der Waals surface area contributed by atoms with Gasteiger partial charge in [-0.3, -0.25) is 4.79 Å². The van der Waals surface area contributed by atoms with E-state index in [4.69, 9.17) is 4.74 Å². The zero-order valence-corrected chi connectivity index (χ0v) is 12.4. The van der Waals surface area contributed by atoms with Crippen molar-refractivity contribution in [1.82, 2.24) is 0 Å². The van der Waals surface area contributed by atoms with Crippen LogP contribution < -0.4 is 4.74 Å². The third-order valence-corrected chi connectivity index (χ3v) is 3.46. The van der Waals surface area contributed by atoms with E-state index in [2.05, 4.69) is 6.92 Å². The van der Waals surface area contributed by atoms with Gasteiger partial charge in [-0.25, -0.2) is 4.39 Å². The van der Waals surface area contributed by atoms with Crippen molar-refractivity contribution >= 4 is 5.78 Å². The number of aryl methyl sites for hydroxylation is 2. The molecule has 0 aromatic heterocycles. The van der Waals surface area contributed by atoms with E-state index in [0.29, 0.717) is 25.0 Å². The lowest BCUT2D eigenvalue weighted by molar-refractivity contribution is 0.0973. The molecule has 0 aliphatic carbocycles. The summed E-state index contributed by atoms with van der Waals surface area (Å²) in [5, 5.41) is 0. The first-order chi connectivity index (χ1) is 10.1. The van der Waals surface area contributed by atoms with Gasteiger partial charge in [0.05, 0.1) is 6.61 Å². The van der Waals surface area contributed by atoms with Gasteiger partial charge in [-0.1, -0.05) is 6.07 Å². The maximum atomic E-state index is 12.8. The van der Waals surface area contributed by atoms with E-state index < -0.39 is 0 Å². The van der Waals surface area contributed by atoms with Gasteiger partial charge in [-0.15, -0.1) is 0 Å². The predicted octanol–water partition coefficient (Wildman–Crippen LogP) is 4.48. The molecule has 110 valence electrons. The van der Waals surface area contributed by atoms with Gasteiger partial charge in [0.2, 0.25) is 0 Å². The predicted molar refractivity (Wildman–Crippen MR) is 81.4 cm³/mol. The SMILES string of the molecule is Cc1ccc(OCCCC(=O)c2ccc(F)cc2)cc1C. The lowest BCUT2D eigenvalue weighted by Crippen LogP contribution is -2.04. The Morgan fingerprint density at radius 1 is 1.05 bits per heavy atom. The molecule has 0 N–H and O–H groups in total. The fourth-order valence-corrected chi connectivity index (χ4v) is 2.01. The van der Waals surface area contributed by atoms with Crippen molar-refractivity contribution in [3.05, 3.63) is 65.0 Å². The third kappa shape index (κ3) is 4.42. The Labute approximate surface area is 124 Å². The van der Waals surface area contributed by atoms with Crippen LogP contribution in [0.25, 0.3) is 0 Å². The molecule has 0 aliphatic heterocycles. The molecular formula is C18H19FO2. The number of rotatable bonds is 6. The molecule has 21 heavy (non-hydrogen) atoms. The van der Waals surface area contributed by atoms with E-state index in [-0.39, 0.29) is 11.6 Å². The number of ketones is 1. The average molecular weight is 286 g/mol. The quantitative estimate of drug-likeness (QED) is 0.578. The van der Waals surface area contributed by atoms with Gasteiger partial charge in [-0.2, -0.15) is 0 Å². The van der Waals surface area contributed by atoms with E-state index >= 15 is 0 Å². The molecule has 2 rings (SSSR count). The number of hydrogen-bond acceptors (Lipinski definition) is 2. The molecule has 0 saturated carbocycles. The van der Waals surface area contributed by atoms with E-state index in [1.54, 1.807) is 0 Å². The number of hydrogen-bond donors (Lipinski definition) is 0. The molecule has 0 amide bonds. The Hall–Kier alpha value is -2.16. The summed E-state index contributed by atoms with van der Waals surface area (Å²) in [6.45, 7) is 4.59. The van der Waals surface area contributed by atoms with Crippen molar-refractivity contribution in [2.75, 3.05) is 6.61 Å². The van der Waals surface area contributed by atoms with Gasteiger partial charge in [-0.05, 0) is 67.8 Å². The van der Waals surface area contributed by atoms with Crippen LogP contribution in [0.1, 0.15) is 34.3 Å². The second kappa shape index (κ2) is 7.02. The molecule has 0 saturated heterocycles. The highest BCUT2D eigenvalue weighted by molar-refractivity contribution is 5.95. The molecule has 0 unspecified atom stereocenters. The summed E-state index contributed by atoms with van der Waals surface area (Å²) < 4.78 is 18.4. The second-order valence-corrected chi connectivity index (χ2v) is 5.13. The average Bonchev–Trinajstić information content (AvgIpc) is 2.47. The minimum atomic E-state index is -0.329. The van der Waals surface area contributed by atoms with E-state index in [9.17, 15) is 9.18 Å². The molecular weight excluding hydrogens is 267 g/mol. The molecule has 0 aliphatic rings. The van der Waals surface area contributed by atoms with Gasteiger partial charge in [0.15, 0.2) is 5.78 Å². The fourth-order valence-electron chi connectivity index (χ4n) is 2.01. The van der Waals surface area contributed by atoms with Crippen molar-refractivity contribution in [1.29, 1.82) is 0 Å². The summed E-state index contributed by atoms with van der Waals surface area (Å²) >= 11 is 0. The minimum Gasteiger partial charge on any atom is -0.494 e. The molecule has 0 radical (unpaired) electrons. The molecule has 0 heterocycles. The summed E-state index contributed by atoms with van der Waals surface area (Å²) in [6.07, 6.45) is 1.04. The summed E-state index contributed by atoms with van der Waals surface area (Å²) in [4.78, 5) is 11.9. The lowest BCUT2D eigenvalue weighted by atomic mass is 10.1.